The van der Waals surface area contributed by atoms with E-state index in [1.54, 1.807) is 6.92 Å². The highest BCUT2D eigenvalue weighted by Gasteiger charge is 2.24. The van der Waals surface area contributed by atoms with Crippen LogP contribution in [0.15, 0.2) is 42.9 Å². The van der Waals surface area contributed by atoms with Crippen molar-refractivity contribution in [3.05, 3.63) is 54.1 Å². The zero-order chi connectivity index (χ0) is 20.8. The van der Waals surface area contributed by atoms with Crippen molar-refractivity contribution in [2.75, 3.05) is 6.54 Å². The number of carbonyl (C=O) groups is 1. The number of nitrogens with zero attached hydrogens (tertiary/aromatic N) is 5. The fourth-order valence-corrected chi connectivity index (χ4v) is 4.08. The third-order valence-corrected chi connectivity index (χ3v) is 5.83. The van der Waals surface area contributed by atoms with E-state index in [1.165, 1.54) is 0 Å². The normalized spacial score (nSPS) is 13.8. The van der Waals surface area contributed by atoms with E-state index in [9.17, 15) is 4.79 Å². The van der Waals surface area contributed by atoms with Gasteiger partial charge in [-0.15, -0.1) is 0 Å². The summed E-state index contributed by atoms with van der Waals surface area (Å²) in [5.41, 5.74) is 6.07. The number of aromatic amines is 1. The third kappa shape index (κ3) is 3.07. The summed E-state index contributed by atoms with van der Waals surface area (Å²) in [7, 11) is 0. The Kier molecular flexibility index (Phi) is 4.38. The van der Waals surface area contributed by atoms with Crippen molar-refractivity contribution in [3.8, 4) is 22.5 Å². The molecule has 152 valence electrons. The first-order valence-electron chi connectivity index (χ1n) is 10.3. The highest BCUT2D eigenvalue weighted by molar-refractivity contribution is 5.97. The number of hydrogen-bond donors (Lipinski definition) is 1. The van der Waals surface area contributed by atoms with E-state index in [2.05, 4.69) is 47.3 Å². The van der Waals surface area contributed by atoms with Crippen LogP contribution in [0.2, 0.25) is 0 Å². The summed E-state index contributed by atoms with van der Waals surface area (Å²) < 4.78 is 1.94. The Morgan fingerprint density at radius 2 is 2.10 bits per heavy atom. The van der Waals surface area contributed by atoms with E-state index in [0.717, 1.165) is 57.5 Å². The van der Waals surface area contributed by atoms with E-state index in [-0.39, 0.29) is 5.91 Å². The maximum absolute atomic E-state index is 11.9. The van der Waals surface area contributed by atoms with Crippen LogP contribution < -0.4 is 0 Å². The van der Waals surface area contributed by atoms with Crippen LogP contribution >= 0.6 is 0 Å². The van der Waals surface area contributed by atoms with Gasteiger partial charge in [-0.25, -0.2) is 0 Å². The molecule has 1 amide bonds. The van der Waals surface area contributed by atoms with Crippen molar-refractivity contribution in [1.29, 1.82) is 0 Å². The predicted octanol–water partition coefficient (Wildman–Crippen LogP) is 3.97. The van der Waals surface area contributed by atoms with Crippen molar-refractivity contribution in [3.63, 3.8) is 0 Å². The summed E-state index contributed by atoms with van der Waals surface area (Å²) in [5, 5.41) is 14.4. The Morgan fingerprint density at radius 3 is 2.87 bits per heavy atom. The Labute approximate surface area is 174 Å². The molecule has 3 aromatic heterocycles. The lowest BCUT2D eigenvalue weighted by molar-refractivity contribution is -0.129. The molecule has 0 radical (unpaired) electrons. The van der Waals surface area contributed by atoms with Gasteiger partial charge >= 0.3 is 0 Å². The minimum Gasteiger partial charge on any atom is -0.338 e. The second kappa shape index (κ2) is 7.09. The molecular formula is C23H24N6O. The molecule has 1 N–H and O–H groups in total. The summed E-state index contributed by atoms with van der Waals surface area (Å²) in [6.45, 7) is 7.15. The summed E-state index contributed by atoms with van der Waals surface area (Å²) in [6, 6.07) is 8.63. The maximum Gasteiger partial charge on any atom is 0.219 e. The summed E-state index contributed by atoms with van der Waals surface area (Å²) in [5.74, 6) is 0.0963. The van der Waals surface area contributed by atoms with E-state index in [0.29, 0.717) is 12.6 Å². The highest BCUT2D eigenvalue weighted by atomic mass is 16.2. The molecule has 0 saturated heterocycles. The molecule has 4 heterocycles. The van der Waals surface area contributed by atoms with E-state index < -0.39 is 0 Å². The molecule has 0 atom stereocenters. The SMILES string of the molecule is CC(=O)N1CCc2[nH]nc(-c3cccc4cc(-c5cnn(C(C)C)c5)ncc34)c2C1. The quantitative estimate of drug-likeness (QED) is 0.564. The first-order valence-corrected chi connectivity index (χ1v) is 10.3. The molecule has 1 aliphatic rings. The van der Waals surface area contributed by atoms with Crippen molar-refractivity contribution in [2.24, 2.45) is 0 Å². The van der Waals surface area contributed by atoms with Crippen molar-refractivity contribution in [2.45, 2.75) is 39.8 Å². The van der Waals surface area contributed by atoms with Crippen LogP contribution in [0.3, 0.4) is 0 Å². The zero-order valence-corrected chi connectivity index (χ0v) is 17.4. The van der Waals surface area contributed by atoms with Crippen LogP contribution in [-0.4, -0.2) is 42.3 Å². The van der Waals surface area contributed by atoms with Gasteiger partial charge < -0.3 is 4.90 Å². The molecule has 0 spiro atoms. The number of H-pyrrole nitrogens is 1. The highest BCUT2D eigenvalue weighted by Crippen LogP contribution is 2.34. The smallest absolute Gasteiger partial charge is 0.219 e. The summed E-state index contributed by atoms with van der Waals surface area (Å²) in [4.78, 5) is 18.5. The van der Waals surface area contributed by atoms with Crippen molar-refractivity contribution >= 4 is 16.7 Å². The molecular weight excluding hydrogens is 376 g/mol. The van der Waals surface area contributed by atoms with Crippen molar-refractivity contribution in [1.82, 2.24) is 29.9 Å². The van der Waals surface area contributed by atoms with Crippen LogP contribution in [-0.2, 0) is 17.8 Å². The molecule has 0 aliphatic carbocycles. The molecule has 7 heteroatoms. The molecule has 7 nitrogen and oxygen atoms in total. The van der Waals surface area contributed by atoms with Gasteiger partial charge in [0.1, 0.15) is 0 Å². The van der Waals surface area contributed by atoms with Gasteiger partial charge in [-0.3, -0.25) is 19.6 Å². The number of benzene rings is 1. The first kappa shape index (κ1) is 18.5. The van der Waals surface area contributed by atoms with E-state index in [4.69, 9.17) is 4.98 Å². The number of rotatable bonds is 3. The molecule has 0 saturated carbocycles. The Bertz CT molecular complexity index is 1250. The van der Waals surface area contributed by atoms with Gasteiger partial charge in [0.25, 0.3) is 0 Å². The predicted molar refractivity (Wildman–Crippen MR) is 116 cm³/mol. The second-order valence-corrected chi connectivity index (χ2v) is 8.12. The van der Waals surface area contributed by atoms with Gasteiger partial charge in [-0.1, -0.05) is 18.2 Å². The zero-order valence-electron chi connectivity index (χ0n) is 17.4. The number of fused-ring (bicyclic) bond motifs is 2. The monoisotopic (exact) mass is 400 g/mol. The Morgan fingerprint density at radius 1 is 1.23 bits per heavy atom. The third-order valence-electron chi connectivity index (χ3n) is 5.83. The van der Waals surface area contributed by atoms with Crippen molar-refractivity contribution < 1.29 is 4.79 Å². The molecule has 30 heavy (non-hydrogen) atoms. The fourth-order valence-electron chi connectivity index (χ4n) is 4.08. The van der Waals surface area contributed by atoms with E-state index >= 15 is 0 Å². The van der Waals surface area contributed by atoms with Crippen LogP contribution in [0.1, 0.15) is 38.1 Å². The average Bonchev–Trinajstić information content (AvgIpc) is 3.40. The number of pyridine rings is 1. The van der Waals surface area contributed by atoms with Gasteiger partial charge in [0.05, 0.1) is 17.6 Å². The van der Waals surface area contributed by atoms with Crippen LogP contribution in [0.25, 0.3) is 33.3 Å². The largest absolute Gasteiger partial charge is 0.338 e. The Hall–Kier alpha value is -3.48. The lowest BCUT2D eigenvalue weighted by Gasteiger charge is -2.26. The number of amides is 1. The average molecular weight is 400 g/mol. The number of hydrogen-bond acceptors (Lipinski definition) is 4. The number of aromatic nitrogens is 5. The first-order chi connectivity index (χ1) is 14.5. The minimum atomic E-state index is 0.0963. The van der Waals surface area contributed by atoms with E-state index in [1.807, 2.05) is 34.2 Å². The number of nitrogens with one attached hydrogen (secondary N) is 1. The molecule has 5 rings (SSSR count). The maximum atomic E-state index is 11.9. The standard InChI is InChI=1S/C23H24N6O/c1-14(2)29-12-17(10-25-29)22-9-16-5-4-6-18(19(16)11-24-22)23-20-13-28(15(3)30)8-7-21(20)26-27-23/h4-6,9-12,14H,7-8,13H2,1-3H3,(H,26,27). The molecule has 4 aromatic rings. The summed E-state index contributed by atoms with van der Waals surface area (Å²) in [6.07, 6.45) is 6.61. The summed E-state index contributed by atoms with van der Waals surface area (Å²) >= 11 is 0. The molecule has 0 fully saturated rings. The second-order valence-electron chi connectivity index (χ2n) is 8.12. The molecule has 1 aromatic carbocycles. The fraction of sp³-hybridized carbons (Fsp3) is 0.304. The topological polar surface area (TPSA) is 79.7 Å². The van der Waals surface area contributed by atoms with Gasteiger partial charge in [-0.2, -0.15) is 10.2 Å². The lowest BCUT2D eigenvalue weighted by Crippen LogP contribution is -2.34. The Balaban J connectivity index is 1.57. The van der Waals surface area contributed by atoms with Crippen LogP contribution in [0.4, 0.5) is 0 Å². The van der Waals surface area contributed by atoms with Gasteiger partial charge in [0, 0.05) is 72.6 Å². The lowest BCUT2D eigenvalue weighted by atomic mass is 9.97. The number of carbonyl (C=O) groups excluding carboxylic acids is 1. The van der Waals surface area contributed by atoms with Gasteiger partial charge in [0.15, 0.2) is 0 Å². The van der Waals surface area contributed by atoms with Crippen LogP contribution in [0.5, 0.6) is 0 Å². The molecule has 1 aliphatic heterocycles. The minimum absolute atomic E-state index is 0.0963. The van der Waals surface area contributed by atoms with Gasteiger partial charge in [0.2, 0.25) is 5.91 Å². The molecule has 0 unspecified atom stereocenters. The van der Waals surface area contributed by atoms with Gasteiger partial charge in [-0.05, 0) is 25.3 Å². The van der Waals surface area contributed by atoms with Crippen LogP contribution in [0, 0.1) is 0 Å². The molecule has 0 bridgehead atoms.